The van der Waals surface area contributed by atoms with Crippen molar-refractivity contribution in [3.05, 3.63) is 102 Å². The van der Waals surface area contributed by atoms with E-state index >= 15 is 0 Å². The standard InChI is InChI=1S/C33H36N4O5/c38-29-16-14-24(15-17-29)19-28-23-35(32(41)33(42)37(28)22-26-11-5-2-6-12-26)18-8-7-13-27-20-34-30(39)31(40)36(27)21-25-9-3-1-4-10-25/h1-6,9-12,14-17,27-28,38H,7-8,13,18-23H2,(H,34,39)/t27-,28+/m1/s1. The molecule has 4 amide bonds. The fraction of sp³-hybridized carbons (Fsp3) is 0.333. The van der Waals surface area contributed by atoms with Gasteiger partial charge in [0.2, 0.25) is 0 Å². The molecular formula is C33H36N4O5. The summed E-state index contributed by atoms with van der Waals surface area (Å²) < 4.78 is 0. The highest BCUT2D eigenvalue weighted by Gasteiger charge is 2.39. The number of unbranched alkanes of at least 4 members (excludes halogenated alkanes) is 1. The zero-order chi connectivity index (χ0) is 29.5. The Balaban J connectivity index is 1.22. The zero-order valence-electron chi connectivity index (χ0n) is 23.5. The molecule has 0 spiro atoms. The van der Waals surface area contributed by atoms with Gasteiger partial charge in [-0.15, -0.1) is 0 Å². The van der Waals surface area contributed by atoms with Gasteiger partial charge in [-0.3, -0.25) is 19.2 Å². The topological polar surface area (TPSA) is 110 Å². The van der Waals surface area contributed by atoms with Gasteiger partial charge in [0.05, 0.1) is 6.04 Å². The van der Waals surface area contributed by atoms with Crippen LogP contribution in [0.1, 0.15) is 36.0 Å². The van der Waals surface area contributed by atoms with Crippen LogP contribution in [0.2, 0.25) is 0 Å². The van der Waals surface area contributed by atoms with Crippen molar-refractivity contribution in [2.24, 2.45) is 0 Å². The Kier molecular flexibility index (Phi) is 9.16. The van der Waals surface area contributed by atoms with Crippen molar-refractivity contribution in [3.8, 4) is 5.75 Å². The van der Waals surface area contributed by atoms with E-state index in [2.05, 4.69) is 5.32 Å². The number of carbonyl (C=O) groups excluding carboxylic acids is 4. The van der Waals surface area contributed by atoms with E-state index in [1.807, 2.05) is 72.8 Å². The van der Waals surface area contributed by atoms with Crippen molar-refractivity contribution in [2.75, 3.05) is 19.6 Å². The minimum Gasteiger partial charge on any atom is -0.508 e. The Morgan fingerprint density at radius 3 is 1.88 bits per heavy atom. The first-order chi connectivity index (χ1) is 20.4. The largest absolute Gasteiger partial charge is 0.508 e. The lowest BCUT2D eigenvalue weighted by Crippen LogP contribution is -2.60. The molecule has 9 heteroatoms. The van der Waals surface area contributed by atoms with Gasteiger partial charge in [0.25, 0.3) is 0 Å². The summed E-state index contributed by atoms with van der Waals surface area (Å²) in [7, 11) is 0. The van der Waals surface area contributed by atoms with E-state index in [0.717, 1.165) is 23.1 Å². The number of nitrogens with zero attached hydrogens (tertiary/aromatic N) is 3. The fourth-order valence-electron chi connectivity index (χ4n) is 5.73. The quantitative estimate of drug-likeness (QED) is 0.273. The number of aromatic hydroxyl groups is 1. The van der Waals surface area contributed by atoms with E-state index in [4.69, 9.17) is 0 Å². The number of amides is 4. The van der Waals surface area contributed by atoms with Crippen LogP contribution in [0.4, 0.5) is 0 Å². The van der Waals surface area contributed by atoms with Gasteiger partial charge < -0.3 is 25.1 Å². The third-order valence-corrected chi connectivity index (χ3v) is 8.01. The van der Waals surface area contributed by atoms with Crippen molar-refractivity contribution < 1.29 is 24.3 Å². The van der Waals surface area contributed by atoms with Crippen LogP contribution in [0.5, 0.6) is 5.75 Å². The maximum atomic E-state index is 13.4. The third kappa shape index (κ3) is 6.97. The van der Waals surface area contributed by atoms with Crippen LogP contribution in [-0.4, -0.2) is 75.2 Å². The summed E-state index contributed by atoms with van der Waals surface area (Å²) in [4.78, 5) is 56.3. The molecule has 2 aliphatic rings. The number of benzene rings is 3. The summed E-state index contributed by atoms with van der Waals surface area (Å²) in [6, 6.07) is 25.8. The summed E-state index contributed by atoms with van der Waals surface area (Å²) in [5.41, 5.74) is 2.89. The zero-order valence-corrected chi connectivity index (χ0v) is 23.5. The van der Waals surface area contributed by atoms with Gasteiger partial charge in [0, 0.05) is 38.8 Å². The fourth-order valence-corrected chi connectivity index (χ4v) is 5.73. The first kappa shape index (κ1) is 28.9. The summed E-state index contributed by atoms with van der Waals surface area (Å²) in [5.74, 6) is -1.94. The van der Waals surface area contributed by atoms with E-state index in [9.17, 15) is 24.3 Å². The summed E-state index contributed by atoms with van der Waals surface area (Å²) in [6.07, 6.45) is 2.63. The van der Waals surface area contributed by atoms with Crippen LogP contribution in [0.3, 0.4) is 0 Å². The van der Waals surface area contributed by atoms with Crippen LogP contribution in [-0.2, 0) is 38.7 Å². The molecule has 0 unspecified atom stereocenters. The predicted octanol–water partition coefficient (Wildman–Crippen LogP) is 2.87. The van der Waals surface area contributed by atoms with Crippen LogP contribution in [0.15, 0.2) is 84.9 Å². The van der Waals surface area contributed by atoms with Gasteiger partial charge in [0.1, 0.15) is 5.75 Å². The smallest absolute Gasteiger partial charge is 0.312 e. The second-order valence-corrected chi connectivity index (χ2v) is 11.0. The molecule has 9 nitrogen and oxygen atoms in total. The second-order valence-electron chi connectivity index (χ2n) is 11.0. The van der Waals surface area contributed by atoms with Gasteiger partial charge in [-0.25, -0.2) is 0 Å². The summed E-state index contributed by atoms with van der Waals surface area (Å²) >= 11 is 0. The molecule has 2 atom stereocenters. The summed E-state index contributed by atoms with van der Waals surface area (Å²) in [5, 5.41) is 12.4. The number of hydrogen-bond donors (Lipinski definition) is 2. The number of carbonyl (C=O) groups is 4. The number of phenols is 1. The van der Waals surface area contributed by atoms with Crippen molar-refractivity contribution in [1.29, 1.82) is 0 Å². The molecule has 5 rings (SSSR count). The lowest BCUT2D eigenvalue weighted by Gasteiger charge is -2.41. The predicted molar refractivity (Wildman–Crippen MR) is 157 cm³/mol. The number of nitrogens with one attached hydrogen (secondary N) is 1. The number of phenolic OH excluding ortho intramolecular Hbond substituents is 1. The Morgan fingerprint density at radius 2 is 1.26 bits per heavy atom. The molecule has 2 aliphatic heterocycles. The first-order valence-electron chi connectivity index (χ1n) is 14.4. The molecule has 42 heavy (non-hydrogen) atoms. The Hall–Kier alpha value is -4.66. The van der Waals surface area contributed by atoms with Crippen LogP contribution in [0, 0.1) is 0 Å². The number of piperazine rings is 2. The molecule has 2 saturated heterocycles. The maximum Gasteiger partial charge on any atom is 0.312 e. The van der Waals surface area contributed by atoms with Crippen molar-refractivity contribution in [3.63, 3.8) is 0 Å². The van der Waals surface area contributed by atoms with E-state index in [0.29, 0.717) is 52.0 Å². The second kappa shape index (κ2) is 13.3. The van der Waals surface area contributed by atoms with Crippen molar-refractivity contribution in [1.82, 2.24) is 20.0 Å². The van der Waals surface area contributed by atoms with Crippen molar-refractivity contribution >= 4 is 23.6 Å². The minimum absolute atomic E-state index is 0.141. The number of hydrogen-bond acceptors (Lipinski definition) is 5. The van der Waals surface area contributed by atoms with E-state index in [1.165, 1.54) is 0 Å². The molecule has 2 fully saturated rings. The van der Waals surface area contributed by atoms with Gasteiger partial charge in [-0.1, -0.05) is 72.8 Å². The molecule has 0 aliphatic carbocycles. The molecule has 3 aromatic rings. The first-order valence-corrected chi connectivity index (χ1v) is 14.4. The molecule has 2 heterocycles. The molecule has 0 bridgehead atoms. The third-order valence-electron chi connectivity index (χ3n) is 8.01. The highest BCUT2D eigenvalue weighted by molar-refractivity contribution is 6.36. The van der Waals surface area contributed by atoms with Gasteiger partial charge in [0.15, 0.2) is 0 Å². The lowest BCUT2D eigenvalue weighted by atomic mass is 9.99. The monoisotopic (exact) mass is 568 g/mol. The van der Waals surface area contributed by atoms with Crippen LogP contribution >= 0.6 is 0 Å². The average Bonchev–Trinajstić information content (AvgIpc) is 3.01. The Morgan fingerprint density at radius 1 is 0.667 bits per heavy atom. The van der Waals surface area contributed by atoms with E-state index in [1.54, 1.807) is 26.8 Å². The van der Waals surface area contributed by atoms with Crippen LogP contribution < -0.4 is 5.32 Å². The highest BCUT2D eigenvalue weighted by atomic mass is 16.3. The van der Waals surface area contributed by atoms with Crippen molar-refractivity contribution in [2.45, 2.75) is 50.9 Å². The minimum atomic E-state index is -0.584. The number of rotatable bonds is 11. The molecule has 218 valence electrons. The average molecular weight is 569 g/mol. The Labute approximate surface area is 245 Å². The molecule has 0 aromatic heterocycles. The normalized spacial score (nSPS) is 19.3. The molecule has 0 saturated carbocycles. The SMILES string of the molecule is O=C1NC[C@@H](CCCCN2C[C@H](Cc3ccc(O)cc3)N(Cc3ccccc3)C(=O)C2=O)N(Cc2ccccc2)C1=O. The highest BCUT2D eigenvalue weighted by Crippen LogP contribution is 2.22. The van der Waals surface area contributed by atoms with E-state index in [-0.39, 0.29) is 17.8 Å². The Bertz CT molecular complexity index is 1400. The van der Waals surface area contributed by atoms with Gasteiger partial charge in [-0.05, 0) is 54.5 Å². The van der Waals surface area contributed by atoms with E-state index < -0.39 is 23.6 Å². The lowest BCUT2D eigenvalue weighted by molar-refractivity contribution is -0.159. The maximum absolute atomic E-state index is 13.4. The molecular weight excluding hydrogens is 532 g/mol. The van der Waals surface area contributed by atoms with Crippen LogP contribution in [0.25, 0.3) is 0 Å². The van der Waals surface area contributed by atoms with Gasteiger partial charge >= 0.3 is 23.6 Å². The van der Waals surface area contributed by atoms with Gasteiger partial charge in [-0.2, -0.15) is 0 Å². The molecule has 0 radical (unpaired) electrons. The summed E-state index contributed by atoms with van der Waals surface area (Å²) in [6.45, 7) is 1.95. The molecule has 2 N–H and O–H groups in total. The molecule has 3 aromatic carbocycles.